The minimum Gasteiger partial charge on any atom is -0.368 e. The van der Waals surface area contributed by atoms with Gasteiger partial charge in [-0.15, -0.1) is 0 Å². The molecule has 24 N–H and O–H groups in total. The molecule has 112 heavy (non-hydrogen) atoms. The van der Waals surface area contributed by atoms with Crippen molar-refractivity contribution in [2.75, 3.05) is 39.3 Å². The van der Waals surface area contributed by atoms with Gasteiger partial charge in [-0.3, -0.25) is 67.1 Å². The molecule has 0 spiro atoms. The van der Waals surface area contributed by atoms with E-state index in [1.165, 1.54) is 11.8 Å². The van der Waals surface area contributed by atoms with Crippen LogP contribution in [-0.2, 0) is 67.1 Å². The highest BCUT2D eigenvalue weighted by Gasteiger charge is 2.42. The maximum atomic E-state index is 15.0. The zero-order chi connectivity index (χ0) is 84.9. The predicted molar refractivity (Wildman–Crippen MR) is 433 cm³/mol. The van der Waals surface area contributed by atoms with Gasteiger partial charge >= 0.3 is 0 Å². The Balaban J connectivity index is 3.71. The Hall–Kier alpha value is -7.62. The molecule has 1 aliphatic rings. The summed E-state index contributed by atoms with van der Waals surface area (Å²) in [4.78, 5) is 200. The Labute approximate surface area is 667 Å². The van der Waals surface area contributed by atoms with Gasteiger partial charge in [0.25, 0.3) is 0 Å². The van der Waals surface area contributed by atoms with Crippen molar-refractivity contribution >= 4 is 82.7 Å². The summed E-state index contributed by atoms with van der Waals surface area (Å²) in [5.41, 5.74) is 35.0. The van der Waals surface area contributed by atoms with Crippen molar-refractivity contribution in [3.05, 3.63) is 0 Å². The number of rotatable bonds is 59. The molecule has 0 bridgehead atoms. The molecule has 0 aliphatic carbocycles. The number of amides is 14. The first kappa shape index (κ1) is 102. The number of carbonyl (C=O) groups excluding carboxylic acids is 14. The number of hydrogen-bond acceptors (Lipinski definition) is 19. The van der Waals surface area contributed by atoms with Crippen LogP contribution in [0.4, 0.5) is 0 Å². The van der Waals surface area contributed by atoms with Crippen LogP contribution in [0.5, 0.6) is 0 Å². The Morgan fingerprint density at radius 1 is 0.286 bits per heavy atom. The number of nitrogens with one attached hydrogen (secondary N) is 12. The van der Waals surface area contributed by atoms with E-state index in [0.29, 0.717) is 83.7 Å². The molecule has 0 aromatic rings. The van der Waals surface area contributed by atoms with Crippen molar-refractivity contribution in [1.82, 2.24) is 68.7 Å². The molecule has 14 amide bonds. The maximum absolute atomic E-state index is 15.0. The molecule has 33 nitrogen and oxygen atoms in total. The van der Waals surface area contributed by atoms with E-state index in [2.05, 4.69) is 63.8 Å². The van der Waals surface area contributed by atoms with Gasteiger partial charge in [0, 0.05) is 13.5 Å². The van der Waals surface area contributed by atoms with Gasteiger partial charge in [0.1, 0.15) is 78.5 Å². The first-order valence-corrected chi connectivity index (χ1v) is 41.5. The molecule has 1 fully saturated rings. The Bertz CT molecular complexity index is 2920. The number of carbonyl (C=O) groups is 14. The lowest BCUT2D eigenvalue weighted by molar-refractivity contribution is -0.143. The summed E-state index contributed by atoms with van der Waals surface area (Å²) in [6.07, 6.45) is 6.92. The standard InChI is InChI=1S/C79H149N19O14/c1-46(2)39-59(67(85)100)91-75(108)62(42-49(7)8)93-70(103)57(30-19-24-36-83)89-74(107)65(45-52(13)14)97-78(111)66-32-26-38-98(66)79(112)58(31-20-25-37-84)90-69(102)55(28-17-22-34-81)87-72(105)60(40-47(3)4)96-77(110)64(44-51(11)12)94-71(104)56(29-18-23-35-82)88-73(106)61(41-48(5)6)95-76(109)63(43-50(9)10)92-68(101)54(86-53(15)99)27-16-21-33-80/h46-52,54-66H,16-45,80-84H2,1-15H3,(H2,85,100)(H,86,99)(H,87,105)(H,88,106)(H,89,107)(H,90,102)(H,91,108)(H,92,101)(H,93,103)(H,94,104)(H,95,109)(H,96,110)(H,97,111)/t54-,55-,56-,57-,58-,59-,60-,61-,62-,63-,64-,65-,66-/m0/s1. The number of nitrogens with zero attached hydrogens (tertiary/aromatic N) is 1. The molecule has 1 rings (SSSR count). The molecule has 1 saturated heterocycles. The van der Waals surface area contributed by atoms with Crippen molar-refractivity contribution in [3.63, 3.8) is 0 Å². The monoisotopic (exact) mass is 1590 g/mol. The van der Waals surface area contributed by atoms with Crippen LogP contribution in [0.1, 0.15) is 258 Å². The van der Waals surface area contributed by atoms with Crippen LogP contribution in [0.25, 0.3) is 0 Å². The van der Waals surface area contributed by atoms with Gasteiger partial charge in [-0.1, -0.05) is 96.9 Å². The van der Waals surface area contributed by atoms with Crippen molar-refractivity contribution in [1.29, 1.82) is 0 Å². The molecule has 0 saturated carbocycles. The molecule has 644 valence electrons. The topological polar surface area (TPSA) is 543 Å². The Kier molecular flexibility index (Phi) is 51.0. The number of likely N-dealkylation sites (tertiary alicyclic amines) is 1. The summed E-state index contributed by atoms with van der Waals surface area (Å²) in [5, 5.41) is 33.7. The van der Waals surface area contributed by atoms with Crippen molar-refractivity contribution in [2.24, 2.45) is 75.8 Å². The molecular formula is C79H149N19O14. The lowest BCUT2D eigenvalue weighted by atomic mass is 9.98. The largest absolute Gasteiger partial charge is 0.368 e. The highest BCUT2D eigenvalue weighted by Crippen LogP contribution is 2.23. The summed E-state index contributed by atoms with van der Waals surface area (Å²) in [6, 6.07) is -15.1. The molecule has 0 radical (unpaired) electrons. The molecule has 0 unspecified atom stereocenters. The average molecular weight is 1590 g/mol. The Morgan fingerprint density at radius 2 is 0.491 bits per heavy atom. The van der Waals surface area contributed by atoms with Crippen LogP contribution in [0, 0.1) is 41.4 Å². The Morgan fingerprint density at radius 3 is 0.732 bits per heavy atom. The second kappa shape index (κ2) is 55.8. The smallest absolute Gasteiger partial charge is 0.245 e. The van der Waals surface area contributed by atoms with Crippen LogP contribution < -0.4 is 98.2 Å². The van der Waals surface area contributed by atoms with Crippen LogP contribution in [0.3, 0.4) is 0 Å². The lowest BCUT2D eigenvalue weighted by Crippen LogP contribution is -2.61. The van der Waals surface area contributed by atoms with Crippen LogP contribution in [0.2, 0.25) is 0 Å². The number of primary amides is 1. The number of hydrogen-bond donors (Lipinski definition) is 18. The highest BCUT2D eigenvalue weighted by atomic mass is 16.2. The zero-order valence-corrected chi connectivity index (χ0v) is 70.4. The van der Waals surface area contributed by atoms with Gasteiger partial charge in [-0.25, -0.2) is 0 Å². The first-order valence-electron chi connectivity index (χ1n) is 41.5. The molecule has 1 aliphatic heterocycles. The van der Waals surface area contributed by atoms with Gasteiger partial charge in [0.2, 0.25) is 82.7 Å². The predicted octanol–water partition coefficient (Wildman–Crippen LogP) is 1.27. The zero-order valence-electron chi connectivity index (χ0n) is 70.4. The molecule has 33 heteroatoms. The van der Waals surface area contributed by atoms with Crippen molar-refractivity contribution in [2.45, 2.75) is 336 Å². The third kappa shape index (κ3) is 41.4. The van der Waals surface area contributed by atoms with Crippen molar-refractivity contribution in [3.8, 4) is 0 Å². The summed E-state index contributed by atoms with van der Waals surface area (Å²) in [6.45, 7) is 28.9. The summed E-state index contributed by atoms with van der Waals surface area (Å²) < 4.78 is 0. The first-order chi connectivity index (χ1) is 52.7. The SMILES string of the molecule is CC(=O)N[C@@H](CCCCN)C(=O)N[C@@H](CC(C)C)C(=O)N[C@@H](CC(C)C)C(=O)N[C@@H](CCCCN)C(=O)N[C@@H](CC(C)C)C(=O)N[C@@H](CC(C)C)C(=O)N[C@@H](CCCCN)C(=O)N[C@@H](CCCCN)C(=O)N1CCC[C@H]1C(=O)N[C@@H](CC(C)C)C(=O)N[C@@H](CCCCN)C(=O)N[C@@H](CC(C)C)C(=O)N[C@@H](CC(C)C)C(N)=O. The fraction of sp³-hybridized carbons (Fsp3) is 0.823. The van der Waals surface area contributed by atoms with E-state index in [9.17, 15) is 62.3 Å². The lowest BCUT2D eigenvalue weighted by Gasteiger charge is -2.32. The van der Waals surface area contributed by atoms with Gasteiger partial charge in [-0.05, 0) is 228 Å². The van der Waals surface area contributed by atoms with E-state index in [0.717, 1.165) is 0 Å². The third-order valence-electron chi connectivity index (χ3n) is 19.2. The second-order valence-electron chi connectivity index (χ2n) is 33.3. The highest BCUT2D eigenvalue weighted by molar-refractivity contribution is 6.00. The molecule has 0 aromatic carbocycles. The van der Waals surface area contributed by atoms with E-state index in [1.807, 2.05) is 96.9 Å². The van der Waals surface area contributed by atoms with Gasteiger partial charge in [0.05, 0.1) is 0 Å². The summed E-state index contributed by atoms with van der Waals surface area (Å²) in [5.74, 6) is -10.1. The van der Waals surface area contributed by atoms with Crippen LogP contribution in [0.15, 0.2) is 0 Å². The quantitative estimate of drug-likeness (QED) is 0.0381. The fourth-order valence-corrected chi connectivity index (χ4v) is 13.5. The molecule has 0 aromatic heterocycles. The van der Waals surface area contributed by atoms with E-state index < -0.39 is 161 Å². The van der Waals surface area contributed by atoms with E-state index in [1.54, 1.807) is 0 Å². The summed E-state index contributed by atoms with van der Waals surface area (Å²) >= 11 is 0. The average Bonchev–Trinajstić information content (AvgIpc) is 1.64. The molecule has 13 atom stereocenters. The maximum Gasteiger partial charge on any atom is 0.245 e. The van der Waals surface area contributed by atoms with Crippen molar-refractivity contribution < 1.29 is 67.1 Å². The van der Waals surface area contributed by atoms with E-state index in [4.69, 9.17) is 34.4 Å². The van der Waals surface area contributed by atoms with E-state index >= 15 is 4.79 Å². The van der Waals surface area contributed by atoms with Gasteiger partial charge < -0.3 is 103 Å². The summed E-state index contributed by atoms with van der Waals surface area (Å²) in [7, 11) is 0. The minimum atomic E-state index is -1.28. The van der Waals surface area contributed by atoms with Crippen LogP contribution >= 0.6 is 0 Å². The minimum absolute atomic E-state index is 0.0132. The normalized spacial score (nSPS) is 16.2. The van der Waals surface area contributed by atoms with Crippen LogP contribution in [-0.4, -0.2) is 205 Å². The molecular weight excluding hydrogens is 1440 g/mol. The van der Waals surface area contributed by atoms with Gasteiger partial charge in [-0.2, -0.15) is 0 Å². The number of nitrogens with two attached hydrogens (primary N) is 6. The number of unbranched alkanes of at least 4 members (excludes halogenated alkanes) is 5. The van der Waals surface area contributed by atoms with Gasteiger partial charge in [0.15, 0.2) is 0 Å². The molecule has 1 heterocycles. The second-order valence-corrected chi connectivity index (χ2v) is 33.3. The fourth-order valence-electron chi connectivity index (χ4n) is 13.5. The third-order valence-corrected chi connectivity index (χ3v) is 19.2. The van der Waals surface area contributed by atoms with E-state index in [-0.39, 0.29) is 151 Å².